The average Bonchev–Trinajstić information content (AvgIpc) is 2.71. The monoisotopic (exact) mass is 457 g/mol. The maximum atomic E-state index is 12.7. The van der Waals surface area contributed by atoms with Gasteiger partial charge in [0.2, 0.25) is 10.0 Å². The number of benzene rings is 2. The smallest absolute Gasteiger partial charge is 0.211 e. The molecule has 2 rings (SSSR count). The lowest BCUT2D eigenvalue weighted by Crippen LogP contribution is -2.25. The molecule has 1 N–H and O–H groups in total. The van der Waals surface area contributed by atoms with Crippen LogP contribution in [0.15, 0.2) is 35.2 Å². The summed E-state index contributed by atoms with van der Waals surface area (Å²) in [5.41, 5.74) is 0. The lowest BCUT2D eigenvalue weighted by Gasteiger charge is -2.11. The Kier molecular flexibility index (Phi) is 10.8. The van der Waals surface area contributed by atoms with Crippen LogP contribution in [0, 0.1) is 0 Å². The molecule has 29 heavy (non-hydrogen) atoms. The van der Waals surface area contributed by atoms with Crippen molar-refractivity contribution in [3.63, 3.8) is 0 Å². The molecule has 0 atom stereocenters. The molecule has 2 aromatic carbocycles. The first kappa shape index (κ1) is 24.5. The van der Waals surface area contributed by atoms with Gasteiger partial charge in [-0.25, -0.2) is 13.1 Å². The standard InChI is InChI=1S/C23H33Cl2NO2S/c1-2-3-4-5-6-7-8-9-10-11-14-17-26-29(27,28)22-18-21(24)19-15-12-13-16-20(19)23(22)25/h12-13,15-16,18,26H,2-11,14,17H2,1H3. The topological polar surface area (TPSA) is 46.2 Å². The van der Waals surface area contributed by atoms with Crippen molar-refractivity contribution in [2.45, 2.75) is 82.4 Å². The molecule has 0 spiro atoms. The van der Waals surface area contributed by atoms with Crippen molar-refractivity contribution in [2.24, 2.45) is 0 Å². The summed E-state index contributed by atoms with van der Waals surface area (Å²) < 4.78 is 28.0. The van der Waals surface area contributed by atoms with Crippen LogP contribution in [0.2, 0.25) is 10.0 Å². The number of unbranched alkanes of at least 4 members (excludes halogenated alkanes) is 10. The van der Waals surface area contributed by atoms with Crippen LogP contribution in [0.4, 0.5) is 0 Å². The molecule has 162 valence electrons. The third-order valence-corrected chi connectivity index (χ3v) is 7.57. The highest BCUT2D eigenvalue weighted by atomic mass is 35.5. The summed E-state index contributed by atoms with van der Waals surface area (Å²) in [6.07, 6.45) is 13.6. The van der Waals surface area contributed by atoms with E-state index in [1.165, 1.54) is 57.4 Å². The summed E-state index contributed by atoms with van der Waals surface area (Å²) >= 11 is 12.6. The van der Waals surface area contributed by atoms with Crippen LogP contribution in [-0.2, 0) is 10.0 Å². The van der Waals surface area contributed by atoms with E-state index in [4.69, 9.17) is 23.2 Å². The van der Waals surface area contributed by atoms with Gasteiger partial charge < -0.3 is 0 Å². The number of halogens is 2. The Balaban J connectivity index is 1.72. The van der Waals surface area contributed by atoms with Crippen molar-refractivity contribution in [3.05, 3.63) is 40.4 Å². The summed E-state index contributed by atoms with van der Waals surface area (Å²) in [5, 5.41) is 2.01. The van der Waals surface area contributed by atoms with E-state index in [0.717, 1.165) is 24.6 Å². The molecular formula is C23H33Cl2NO2S. The zero-order valence-corrected chi connectivity index (χ0v) is 19.7. The van der Waals surface area contributed by atoms with Gasteiger partial charge in [-0.2, -0.15) is 0 Å². The molecule has 0 unspecified atom stereocenters. The van der Waals surface area contributed by atoms with Crippen molar-refractivity contribution in [3.8, 4) is 0 Å². The zero-order valence-electron chi connectivity index (χ0n) is 17.4. The minimum Gasteiger partial charge on any atom is -0.211 e. The molecule has 6 heteroatoms. The second-order valence-corrected chi connectivity index (χ2v) is 10.2. The Morgan fingerprint density at radius 3 is 1.90 bits per heavy atom. The van der Waals surface area contributed by atoms with Gasteiger partial charge in [-0.1, -0.05) is 119 Å². The van der Waals surface area contributed by atoms with E-state index in [0.29, 0.717) is 17.0 Å². The first-order valence-electron chi connectivity index (χ1n) is 10.8. The molecule has 0 aliphatic rings. The summed E-state index contributed by atoms with van der Waals surface area (Å²) in [5.74, 6) is 0. The van der Waals surface area contributed by atoms with Crippen molar-refractivity contribution < 1.29 is 8.42 Å². The van der Waals surface area contributed by atoms with E-state index < -0.39 is 10.0 Å². The van der Waals surface area contributed by atoms with E-state index in [1.54, 1.807) is 6.07 Å². The van der Waals surface area contributed by atoms with Gasteiger partial charge in [0, 0.05) is 22.3 Å². The maximum absolute atomic E-state index is 12.7. The third-order valence-electron chi connectivity index (χ3n) is 5.26. The van der Waals surface area contributed by atoms with E-state index in [9.17, 15) is 8.42 Å². The van der Waals surface area contributed by atoms with E-state index >= 15 is 0 Å². The number of nitrogens with one attached hydrogen (secondary N) is 1. The lowest BCUT2D eigenvalue weighted by atomic mass is 10.1. The fraction of sp³-hybridized carbons (Fsp3) is 0.565. The molecule has 0 bridgehead atoms. The van der Waals surface area contributed by atoms with Gasteiger partial charge in [-0.05, 0) is 12.5 Å². The lowest BCUT2D eigenvalue weighted by molar-refractivity contribution is 0.544. The van der Waals surface area contributed by atoms with Gasteiger partial charge in [0.15, 0.2) is 0 Å². The molecule has 0 heterocycles. The van der Waals surface area contributed by atoms with Crippen molar-refractivity contribution in [1.82, 2.24) is 4.72 Å². The zero-order chi connectivity index (χ0) is 21.1. The molecule has 2 aromatic rings. The molecule has 0 saturated carbocycles. The Morgan fingerprint density at radius 1 is 0.793 bits per heavy atom. The molecule has 0 aliphatic carbocycles. The Morgan fingerprint density at radius 2 is 1.31 bits per heavy atom. The molecule has 0 aliphatic heterocycles. The molecule has 0 saturated heterocycles. The van der Waals surface area contributed by atoms with Crippen molar-refractivity contribution >= 4 is 44.0 Å². The number of fused-ring (bicyclic) bond motifs is 1. The van der Waals surface area contributed by atoms with Gasteiger partial charge in [-0.15, -0.1) is 0 Å². The van der Waals surface area contributed by atoms with E-state index in [1.807, 2.05) is 18.2 Å². The summed E-state index contributed by atoms with van der Waals surface area (Å²) in [6.45, 7) is 2.66. The van der Waals surface area contributed by atoms with E-state index in [-0.39, 0.29) is 9.92 Å². The van der Waals surface area contributed by atoms with Crippen LogP contribution in [0.1, 0.15) is 77.6 Å². The van der Waals surface area contributed by atoms with Crippen molar-refractivity contribution in [1.29, 1.82) is 0 Å². The highest BCUT2D eigenvalue weighted by molar-refractivity contribution is 7.89. The summed E-state index contributed by atoms with van der Waals surface area (Å²) in [4.78, 5) is 0.0472. The first-order valence-corrected chi connectivity index (χ1v) is 13.1. The van der Waals surface area contributed by atoms with Crippen LogP contribution in [0.5, 0.6) is 0 Å². The van der Waals surface area contributed by atoms with Crippen molar-refractivity contribution in [2.75, 3.05) is 6.54 Å². The molecule has 0 fully saturated rings. The fourth-order valence-corrected chi connectivity index (χ4v) is 5.59. The first-order chi connectivity index (χ1) is 14.0. The second-order valence-electron chi connectivity index (χ2n) is 7.65. The predicted molar refractivity (Wildman–Crippen MR) is 126 cm³/mol. The normalized spacial score (nSPS) is 12.0. The number of rotatable bonds is 14. The Labute approximate surface area is 186 Å². The maximum Gasteiger partial charge on any atom is 0.242 e. The summed E-state index contributed by atoms with van der Waals surface area (Å²) in [7, 11) is -3.68. The second kappa shape index (κ2) is 12.8. The highest BCUT2D eigenvalue weighted by Crippen LogP contribution is 2.35. The van der Waals surface area contributed by atoms with Crippen LogP contribution >= 0.6 is 23.2 Å². The third kappa shape index (κ3) is 7.75. The van der Waals surface area contributed by atoms with Gasteiger partial charge >= 0.3 is 0 Å². The van der Waals surface area contributed by atoms with E-state index in [2.05, 4.69) is 11.6 Å². The van der Waals surface area contributed by atoms with Crippen LogP contribution in [-0.4, -0.2) is 15.0 Å². The Bertz CT molecular complexity index is 869. The minimum absolute atomic E-state index is 0.0472. The van der Waals surface area contributed by atoms with Crippen LogP contribution in [0.3, 0.4) is 0 Å². The number of hydrogen-bond acceptors (Lipinski definition) is 2. The average molecular weight is 458 g/mol. The van der Waals surface area contributed by atoms with Gasteiger partial charge in [0.25, 0.3) is 0 Å². The number of sulfonamides is 1. The largest absolute Gasteiger partial charge is 0.242 e. The fourth-order valence-electron chi connectivity index (χ4n) is 3.54. The molecule has 0 aromatic heterocycles. The van der Waals surface area contributed by atoms with Crippen LogP contribution in [0.25, 0.3) is 10.8 Å². The van der Waals surface area contributed by atoms with Gasteiger partial charge in [-0.3, -0.25) is 0 Å². The highest BCUT2D eigenvalue weighted by Gasteiger charge is 2.20. The predicted octanol–water partition coefficient (Wildman–Crippen LogP) is 7.74. The molecular weight excluding hydrogens is 425 g/mol. The summed E-state index contributed by atoms with van der Waals surface area (Å²) in [6, 6.07) is 8.73. The van der Waals surface area contributed by atoms with Gasteiger partial charge in [0.1, 0.15) is 4.90 Å². The van der Waals surface area contributed by atoms with Crippen LogP contribution < -0.4 is 4.72 Å². The SMILES string of the molecule is CCCCCCCCCCCCCNS(=O)(=O)c1cc(Cl)c2ccccc2c1Cl. The molecule has 0 amide bonds. The number of hydrogen-bond donors (Lipinski definition) is 1. The molecule has 3 nitrogen and oxygen atoms in total. The quantitative estimate of drug-likeness (QED) is 0.294. The Hall–Kier alpha value is -0.810. The molecule has 0 radical (unpaired) electrons. The minimum atomic E-state index is -3.68. The van der Waals surface area contributed by atoms with Gasteiger partial charge in [0.05, 0.1) is 5.02 Å².